The van der Waals surface area contributed by atoms with E-state index < -0.39 is 6.10 Å². The molecule has 0 fully saturated rings. The van der Waals surface area contributed by atoms with E-state index in [9.17, 15) is 5.11 Å². The molecule has 1 aliphatic rings. The van der Waals surface area contributed by atoms with E-state index in [4.69, 9.17) is 4.98 Å². The number of nitrogens with zero attached hydrogens (tertiary/aromatic N) is 3. The molecule has 1 atom stereocenters. The Hall–Kier alpha value is -2.27. The van der Waals surface area contributed by atoms with Gasteiger partial charge in [0, 0.05) is 30.2 Å². The van der Waals surface area contributed by atoms with E-state index in [0.717, 1.165) is 61.5 Å². The summed E-state index contributed by atoms with van der Waals surface area (Å²) in [6.45, 7) is 2.88. The highest BCUT2D eigenvalue weighted by molar-refractivity contribution is 5.47. The summed E-state index contributed by atoms with van der Waals surface area (Å²) in [6, 6.07) is 4.34. The standard InChI is InChI=1S/C20H26N4O/c1-15-22-13-16(14-23-15)8-11-19(25)7-3-2-6-18-10-9-17-5-4-12-21-20(17)24-18/h8-11,13-14,19,25H,2-7,12H2,1H3,(H,21,24). The predicted octanol–water partition coefficient (Wildman–Crippen LogP) is 3.33. The van der Waals surface area contributed by atoms with Crippen molar-refractivity contribution in [3.8, 4) is 0 Å². The molecule has 0 saturated heterocycles. The molecule has 2 aromatic rings. The van der Waals surface area contributed by atoms with Crippen LogP contribution in [0.3, 0.4) is 0 Å². The van der Waals surface area contributed by atoms with Gasteiger partial charge >= 0.3 is 0 Å². The monoisotopic (exact) mass is 338 g/mol. The Kier molecular flexibility index (Phi) is 6.12. The molecule has 0 radical (unpaired) electrons. The van der Waals surface area contributed by atoms with Crippen LogP contribution in [-0.4, -0.2) is 32.7 Å². The average Bonchev–Trinajstić information content (AvgIpc) is 2.64. The Balaban J connectivity index is 1.40. The number of rotatable bonds is 7. The molecule has 5 heteroatoms. The number of aryl methyl sites for hydroxylation is 3. The number of aliphatic hydroxyl groups is 1. The summed E-state index contributed by atoms with van der Waals surface area (Å²) < 4.78 is 0. The van der Waals surface area contributed by atoms with Gasteiger partial charge in [0.25, 0.3) is 0 Å². The molecule has 1 unspecified atom stereocenters. The molecule has 0 saturated carbocycles. The van der Waals surface area contributed by atoms with E-state index in [1.807, 2.05) is 19.1 Å². The van der Waals surface area contributed by atoms with E-state index in [0.29, 0.717) is 0 Å². The van der Waals surface area contributed by atoms with Crippen molar-refractivity contribution < 1.29 is 5.11 Å². The predicted molar refractivity (Wildman–Crippen MR) is 100 cm³/mol. The minimum atomic E-state index is -0.431. The molecular weight excluding hydrogens is 312 g/mol. The highest BCUT2D eigenvalue weighted by Gasteiger charge is 2.10. The largest absolute Gasteiger partial charge is 0.389 e. The van der Waals surface area contributed by atoms with Crippen LogP contribution in [0, 0.1) is 6.92 Å². The maximum atomic E-state index is 10.1. The molecule has 0 aliphatic carbocycles. The SMILES string of the molecule is Cc1ncc(C=CC(O)CCCCc2ccc3c(n2)NCCC3)cn1. The lowest BCUT2D eigenvalue weighted by atomic mass is 10.0. The lowest BCUT2D eigenvalue weighted by Gasteiger charge is -2.17. The van der Waals surface area contributed by atoms with Gasteiger partial charge in [-0.3, -0.25) is 0 Å². The molecule has 0 bridgehead atoms. The van der Waals surface area contributed by atoms with Gasteiger partial charge in [0.2, 0.25) is 0 Å². The van der Waals surface area contributed by atoms with Crippen molar-refractivity contribution in [3.63, 3.8) is 0 Å². The maximum Gasteiger partial charge on any atom is 0.129 e. The molecule has 132 valence electrons. The molecule has 0 spiro atoms. The molecule has 25 heavy (non-hydrogen) atoms. The molecule has 2 N–H and O–H groups in total. The number of pyridine rings is 1. The molecule has 0 amide bonds. The first-order valence-corrected chi connectivity index (χ1v) is 9.08. The third-order valence-electron chi connectivity index (χ3n) is 4.45. The van der Waals surface area contributed by atoms with Crippen molar-refractivity contribution in [2.45, 2.75) is 51.6 Å². The zero-order chi connectivity index (χ0) is 17.5. The van der Waals surface area contributed by atoms with Crippen LogP contribution in [0.4, 0.5) is 5.82 Å². The van der Waals surface area contributed by atoms with Gasteiger partial charge in [-0.05, 0) is 50.7 Å². The van der Waals surface area contributed by atoms with Crippen LogP contribution >= 0.6 is 0 Å². The normalized spacial score (nSPS) is 15.0. The number of hydrogen-bond donors (Lipinski definition) is 2. The fourth-order valence-electron chi connectivity index (χ4n) is 2.97. The van der Waals surface area contributed by atoms with E-state index in [1.165, 1.54) is 12.0 Å². The Morgan fingerprint density at radius 2 is 2.08 bits per heavy atom. The Morgan fingerprint density at radius 1 is 1.24 bits per heavy atom. The topological polar surface area (TPSA) is 70.9 Å². The van der Waals surface area contributed by atoms with E-state index in [2.05, 4.69) is 27.4 Å². The second-order valence-corrected chi connectivity index (χ2v) is 6.58. The second-order valence-electron chi connectivity index (χ2n) is 6.58. The van der Waals surface area contributed by atoms with Crippen LogP contribution in [-0.2, 0) is 12.8 Å². The number of anilines is 1. The zero-order valence-electron chi connectivity index (χ0n) is 14.8. The third kappa shape index (κ3) is 5.36. The van der Waals surface area contributed by atoms with E-state index in [1.54, 1.807) is 12.4 Å². The number of nitrogens with one attached hydrogen (secondary N) is 1. The van der Waals surface area contributed by atoms with Crippen molar-refractivity contribution in [3.05, 3.63) is 53.2 Å². The third-order valence-corrected chi connectivity index (χ3v) is 4.45. The van der Waals surface area contributed by atoms with Crippen LogP contribution in [0.15, 0.2) is 30.6 Å². The van der Waals surface area contributed by atoms with Crippen molar-refractivity contribution in [1.29, 1.82) is 0 Å². The van der Waals surface area contributed by atoms with Crippen molar-refractivity contribution >= 4 is 11.9 Å². The minimum Gasteiger partial charge on any atom is -0.389 e. The molecule has 3 rings (SSSR count). The second kappa shape index (κ2) is 8.72. The van der Waals surface area contributed by atoms with Crippen LogP contribution in [0.25, 0.3) is 6.08 Å². The summed E-state index contributed by atoms with van der Waals surface area (Å²) in [5.41, 5.74) is 3.38. The highest BCUT2D eigenvalue weighted by Crippen LogP contribution is 2.20. The van der Waals surface area contributed by atoms with E-state index in [-0.39, 0.29) is 0 Å². The lowest BCUT2D eigenvalue weighted by molar-refractivity contribution is 0.209. The van der Waals surface area contributed by atoms with Crippen molar-refractivity contribution in [2.75, 3.05) is 11.9 Å². The van der Waals surface area contributed by atoms with Gasteiger partial charge in [-0.1, -0.05) is 24.6 Å². The van der Waals surface area contributed by atoms with Gasteiger partial charge in [0.1, 0.15) is 11.6 Å². The first-order valence-electron chi connectivity index (χ1n) is 9.08. The highest BCUT2D eigenvalue weighted by atomic mass is 16.3. The summed E-state index contributed by atoms with van der Waals surface area (Å²) in [5, 5.41) is 13.4. The molecular formula is C20H26N4O. The summed E-state index contributed by atoms with van der Waals surface area (Å²) >= 11 is 0. The first-order chi connectivity index (χ1) is 12.2. The molecule has 2 aromatic heterocycles. The van der Waals surface area contributed by atoms with Gasteiger partial charge in [0.05, 0.1) is 6.10 Å². The number of aliphatic hydroxyl groups excluding tert-OH is 1. The molecule has 1 aliphatic heterocycles. The zero-order valence-corrected chi connectivity index (χ0v) is 14.8. The summed E-state index contributed by atoms with van der Waals surface area (Å²) in [4.78, 5) is 13.0. The molecule has 0 aromatic carbocycles. The lowest BCUT2D eigenvalue weighted by Crippen LogP contribution is -2.14. The van der Waals surface area contributed by atoms with Gasteiger partial charge in [-0.15, -0.1) is 0 Å². The Labute approximate surface area is 149 Å². The maximum absolute atomic E-state index is 10.1. The fraction of sp³-hybridized carbons (Fsp3) is 0.450. The molecule has 3 heterocycles. The quantitative estimate of drug-likeness (QED) is 0.758. The van der Waals surface area contributed by atoms with Gasteiger partial charge in [-0.2, -0.15) is 0 Å². The number of unbranched alkanes of at least 4 members (excludes halogenated alkanes) is 1. The van der Waals surface area contributed by atoms with Crippen LogP contribution in [0.1, 0.15) is 48.3 Å². The van der Waals surface area contributed by atoms with E-state index >= 15 is 0 Å². The number of fused-ring (bicyclic) bond motifs is 1. The number of hydrogen-bond acceptors (Lipinski definition) is 5. The number of aromatic nitrogens is 3. The minimum absolute atomic E-state index is 0.431. The smallest absolute Gasteiger partial charge is 0.129 e. The summed E-state index contributed by atoms with van der Waals surface area (Å²) in [5.74, 6) is 1.82. The Morgan fingerprint density at radius 3 is 2.92 bits per heavy atom. The average molecular weight is 338 g/mol. The molecule has 5 nitrogen and oxygen atoms in total. The van der Waals surface area contributed by atoms with Gasteiger partial charge in [-0.25, -0.2) is 15.0 Å². The first kappa shape index (κ1) is 17.5. The van der Waals surface area contributed by atoms with Crippen molar-refractivity contribution in [2.24, 2.45) is 0 Å². The van der Waals surface area contributed by atoms with Crippen LogP contribution in [0.2, 0.25) is 0 Å². The van der Waals surface area contributed by atoms with Crippen molar-refractivity contribution in [1.82, 2.24) is 15.0 Å². The van der Waals surface area contributed by atoms with Gasteiger partial charge < -0.3 is 10.4 Å². The summed E-state index contributed by atoms with van der Waals surface area (Å²) in [7, 11) is 0. The van der Waals surface area contributed by atoms with Gasteiger partial charge in [0.15, 0.2) is 0 Å². The van der Waals surface area contributed by atoms with Crippen LogP contribution < -0.4 is 5.32 Å². The fourth-order valence-corrected chi connectivity index (χ4v) is 2.97. The summed E-state index contributed by atoms with van der Waals surface area (Å²) in [6.07, 6.45) is 12.8. The van der Waals surface area contributed by atoms with Crippen LogP contribution in [0.5, 0.6) is 0 Å². The Bertz CT molecular complexity index is 712.